The van der Waals surface area contributed by atoms with Gasteiger partial charge in [0.2, 0.25) is 0 Å². The molecule has 0 aliphatic rings. The molecule has 2 N–H and O–H groups in total. The molecule has 0 radical (unpaired) electrons. The van der Waals surface area contributed by atoms with Crippen molar-refractivity contribution >= 4 is 83.5 Å². The molecule has 2 heterocycles. The molecule has 0 saturated heterocycles. The predicted octanol–water partition coefficient (Wildman–Crippen LogP) is 6.96. The van der Waals surface area contributed by atoms with Crippen LogP contribution in [0.4, 0.5) is 5.69 Å². The van der Waals surface area contributed by atoms with Crippen LogP contribution >= 0.6 is 46.5 Å². The molecule has 5 rings (SSSR count). The van der Waals surface area contributed by atoms with Crippen molar-refractivity contribution in [3.05, 3.63) is 82.7 Å². The van der Waals surface area contributed by atoms with Crippen LogP contribution in [0.2, 0.25) is 5.02 Å². The number of anilines is 1. The van der Waals surface area contributed by atoms with Crippen LogP contribution < -0.4 is 10.6 Å². The average Bonchev–Trinajstić information content (AvgIpc) is 3.35. The van der Waals surface area contributed by atoms with Gasteiger partial charge in [-0.2, -0.15) is 0 Å². The van der Waals surface area contributed by atoms with Crippen LogP contribution in [0.25, 0.3) is 30.9 Å². The molecule has 0 atom stereocenters. The molecule has 152 valence electrons. The Kier molecular flexibility index (Phi) is 5.41. The summed E-state index contributed by atoms with van der Waals surface area (Å²) in [5.41, 5.74) is 2.64. The second kappa shape index (κ2) is 8.36. The summed E-state index contributed by atoms with van der Waals surface area (Å²) in [4.78, 5) is 17.9. The lowest BCUT2D eigenvalue weighted by atomic mass is 10.2. The molecule has 2 aromatic heterocycles. The van der Waals surface area contributed by atoms with Crippen LogP contribution in [0.5, 0.6) is 0 Å². The summed E-state index contributed by atoms with van der Waals surface area (Å²) in [6.07, 6.45) is 0. The second-order valence-electron chi connectivity index (χ2n) is 6.68. The van der Waals surface area contributed by atoms with E-state index in [1.807, 2.05) is 72.8 Å². The number of thiophene rings is 1. The van der Waals surface area contributed by atoms with Crippen molar-refractivity contribution in [2.24, 2.45) is 0 Å². The molecule has 0 saturated carbocycles. The number of amides is 1. The van der Waals surface area contributed by atoms with Gasteiger partial charge >= 0.3 is 0 Å². The Hall–Kier alpha value is -2.84. The van der Waals surface area contributed by atoms with Gasteiger partial charge in [-0.3, -0.25) is 10.1 Å². The lowest BCUT2D eigenvalue weighted by Gasteiger charge is -2.12. The van der Waals surface area contributed by atoms with Crippen molar-refractivity contribution in [1.29, 1.82) is 0 Å². The summed E-state index contributed by atoms with van der Waals surface area (Å²) < 4.78 is 2.07. The van der Waals surface area contributed by atoms with Crippen LogP contribution in [-0.2, 0) is 0 Å². The molecular formula is C23H14ClN3OS3. The van der Waals surface area contributed by atoms with Crippen LogP contribution in [0.3, 0.4) is 0 Å². The van der Waals surface area contributed by atoms with Gasteiger partial charge in [0, 0.05) is 15.6 Å². The highest BCUT2D eigenvalue weighted by Gasteiger charge is 2.18. The number of nitrogens with zero attached hydrogens (tertiary/aromatic N) is 1. The number of hydrogen-bond donors (Lipinski definition) is 2. The number of hydrogen-bond acceptors (Lipinski definition) is 5. The van der Waals surface area contributed by atoms with Gasteiger partial charge in [-0.25, -0.2) is 4.98 Å². The molecule has 0 spiro atoms. The first kappa shape index (κ1) is 20.1. The molecule has 8 heteroatoms. The normalized spacial score (nSPS) is 11.0. The Bertz CT molecular complexity index is 1420. The van der Waals surface area contributed by atoms with E-state index in [1.165, 1.54) is 11.3 Å². The SMILES string of the molecule is O=C(NC(=S)Nc1ccccc1-c1nc2ccccc2s1)c1sc2ccccc2c1Cl. The summed E-state index contributed by atoms with van der Waals surface area (Å²) in [6, 6.07) is 23.4. The van der Waals surface area contributed by atoms with Gasteiger partial charge < -0.3 is 5.32 Å². The zero-order valence-corrected chi connectivity index (χ0v) is 19.1. The molecule has 0 aliphatic carbocycles. The first-order chi connectivity index (χ1) is 15.1. The van der Waals surface area contributed by atoms with Gasteiger partial charge in [0.15, 0.2) is 5.11 Å². The lowest BCUT2D eigenvalue weighted by molar-refractivity contribution is 0.0982. The minimum Gasteiger partial charge on any atom is -0.332 e. The van der Waals surface area contributed by atoms with Gasteiger partial charge in [-0.1, -0.05) is 54.1 Å². The van der Waals surface area contributed by atoms with Gasteiger partial charge in [0.05, 0.1) is 20.9 Å². The maximum Gasteiger partial charge on any atom is 0.269 e. The Labute approximate surface area is 196 Å². The van der Waals surface area contributed by atoms with Crippen molar-refractivity contribution in [2.75, 3.05) is 5.32 Å². The fraction of sp³-hybridized carbons (Fsp3) is 0. The maximum absolute atomic E-state index is 12.8. The Balaban J connectivity index is 1.38. The number of carbonyl (C=O) groups is 1. The fourth-order valence-corrected chi connectivity index (χ4v) is 5.86. The second-order valence-corrected chi connectivity index (χ2v) is 9.55. The number of thiazole rings is 1. The van der Waals surface area contributed by atoms with Crippen molar-refractivity contribution in [3.63, 3.8) is 0 Å². The number of fused-ring (bicyclic) bond motifs is 2. The highest BCUT2D eigenvalue weighted by molar-refractivity contribution is 7.80. The first-order valence-corrected chi connectivity index (χ1v) is 11.8. The Morgan fingerprint density at radius 1 is 0.903 bits per heavy atom. The third kappa shape index (κ3) is 3.93. The van der Waals surface area contributed by atoms with Crippen LogP contribution in [0.15, 0.2) is 72.8 Å². The number of carbonyl (C=O) groups excluding carboxylic acids is 1. The van der Waals surface area contributed by atoms with Crippen molar-refractivity contribution in [2.45, 2.75) is 0 Å². The van der Waals surface area contributed by atoms with E-state index in [0.717, 1.165) is 36.6 Å². The Morgan fingerprint density at radius 3 is 2.42 bits per heavy atom. The molecule has 3 aromatic carbocycles. The zero-order chi connectivity index (χ0) is 21.4. The molecule has 0 unspecified atom stereocenters. The third-order valence-electron chi connectivity index (χ3n) is 4.67. The smallest absolute Gasteiger partial charge is 0.269 e. The van der Waals surface area contributed by atoms with E-state index in [2.05, 4.69) is 10.6 Å². The van der Waals surface area contributed by atoms with E-state index < -0.39 is 0 Å². The molecule has 5 aromatic rings. The van der Waals surface area contributed by atoms with E-state index in [-0.39, 0.29) is 11.0 Å². The molecule has 31 heavy (non-hydrogen) atoms. The van der Waals surface area contributed by atoms with Crippen molar-refractivity contribution in [1.82, 2.24) is 10.3 Å². The number of benzene rings is 3. The van der Waals surface area contributed by atoms with E-state index in [4.69, 9.17) is 28.8 Å². The van der Waals surface area contributed by atoms with Crippen LogP contribution in [-0.4, -0.2) is 16.0 Å². The highest BCUT2D eigenvalue weighted by Crippen LogP contribution is 2.36. The summed E-state index contributed by atoms with van der Waals surface area (Å²) in [5.74, 6) is -0.332. The largest absolute Gasteiger partial charge is 0.332 e. The molecule has 4 nitrogen and oxygen atoms in total. The molecule has 1 amide bonds. The molecule has 0 aliphatic heterocycles. The van der Waals surface area contributed by atoms with E-state index in [9.17, 15) is 4.79 Å². The van der Waals surface area contributed by atoms with Crippen molar-refractivity contribution in [3.8, 4) is 10.6 Å². The number of rotatable bonds is 3. The first-order valence-electron chi connectivity index (χ1n) is 9.34. The third-order valence-corrected chi connectivity index (χ3v) is 7.62. The van der Waals surface area contributed by atoms with E-state index in [1.54, 1.807) is 11.3 Å². The summed E-state index contributed by atoms with van der Waals surface area (Å²) in [6.45, 7) is 0. The van der Waals surface area contributed by atoms with Crippen molar-refractivity contribution < 1.29 is 4.79 Å². The van der Waals surface area contributed by atoms with Gasteiger partial charge in [0.25, 0.3) is 5.91 Å². The predicted molar refractivity (Wildman–Crippen MR) is 136 cm³/mol. The average molecular weight is 480 g/mol. The molecule has 0 bridgehead atoms. The van der Waals surface area contributed by atoms with E-state index in [0.29, 0.717) is 9.90 Å². The number of halogens is 1. The van der Waals surface area contributed by atoms with Gasteiger partial charge in [0.1, 0.15) is 9.88 Å². The fourth-order valence-electron chi connectivity index (χ4n) is 3.24. The zero-order valence-electron chi connectivity index (χ0n) is 15.9. The lowest BCUT2D eigenvalue weighted by Crippen LogP contribution is -2.33. The quantitative estimate of drug-likeness (QED) is 0.275. The van der Waals surface area contributed by atoms with E-state index >= 15 is 0 Å². The number of nitrogens with one attached hydrogen (secondary N) is 2. The number of aromatic nitrogens is 1. The monoisotopic (exact) mass is 479 g/mol. The highest BCUT2D eigenvalue weighted by atomic mass is 35.5. The number of para-hydroxylation sites is 2. The summed E-state index contributed by atoms with van der Waals surface area (Å²) >= 11 is 14.8. The van der Waals surface area contributed by atoms with Crippen LogP contribution in [0.1, 0.15) is 9.67 Å². The van der Waals surface area contributed by atoms with Crippen LogP contribution in [0, 0.1) is 0 Å². The topological polar surface area (TPSA) is 54.0 Å². The number of thiocarbonyl (C=S) groups is 1. The minimum absolute atomic E-state index is 0.201. The summed E-state index contributed by atoms with van der Waals surface area (Å²) in [5, 5.41) is 8.26. The van der Waals surface area contributed by atoms with Gasteiger partial charge in [-0.05, 0) is 42.5 Å². The summed E-state index contributed by atoms with van der Waals surface area (Å²) in [7, 11) is 0. The standard InChI is InChI=1S/C23H14ClN3OS3/c24-19-14-8-2-5-11-17(14)30-20(19)21(28)27-23(29)26-15-9-3-1-7-13(15)22-25-16-10-4-6-12-18(16)31-22/h1-12H,(H2,26,27,28,29). The Morgan fingerprint density at radius 2 is 1.61 bits per heavy atom. The molecule has 0 fully saturated rings. The maximum atomic E-state index is 12.8. The minimum atomic E-state index is -0.332. The molecular weight excluding hydrogens is 466 g/mol. The van der Waals surface area contributed by atoms with Gasteiger partial charge in [-0.15, -0.1) is 22.7 Å².